The molecule has 0 fully saturated rings. The highest BCUT2D eigenvalue weighted by Gasteiger charge is 2.31. The summed E-state index contributed by atoms with van der Waals surface area (Å²) in [7, 11) is -3.17. The molecule has 3 rings (SSSR count). The molecule has 0 saturated carbocycles. The number of halogens is 6. The van der Waals surface area contributed by atoms with E-state index in [1.165, 1.54) is 18.2 Å². The zero-order valence-corrected chi connectivity index (χ0v) is 16.5. The van der Waals surface area contributed by atoms with Crippen molar-refractivity contribution in [1.29, 1.82) is 0 Å². The van der Waals surface area contributed by atoms with Gasteiger partial charge in [-0.1, -0.05) is 12.1 Å². The fourth-order valence-electron chi connectivity index (χ4n) is 2.60. The van der Waals surface area contributed by atoms with Gasteiger partial charge >= 0.3 is 13.0 Å². The first-order chi connectivity index (χ1) is 17.2. The Balaban J connectivity index is 2.08. The molecule has 0 aliphatic carbocycles. The van der Waals surface area contributed by atoms with Gasteiger partial charge in [-0.05, 0) is 24.3 Å². The van der Waals surface area contributed by atoms with E-state index < -0.39 is 60.3 Å². The predicted octanol–water partition coefficient (Wildman–Crippen LogP) is 6.38. The molecule has 0 heterocycles. The maximum Gasteiger partial charge on any atom is 0.573 e. The third-order valence-corrected chi connectivity index (χ3v) is 3.86. The lowest BCUT2D eigenvalue weighted by Crippen LogP contribution is -2.17. The fraction of sp³-hybridized carbons (Fsp3) is 0.136. The van der Waals surface area contributed by atoms with Crippen molar-refractivity contribution in [3.05, 3.63) is 66.0 Å². The van der Waals surface area contributed by atoms with Gasteiger partial charge in [0, 0.05) is 23.8 Å². The molecular formula is C22H13F6O6. The van der Waals surface area contributed by atoms with Gasteiger partial charge in [0.05, 0.1) is 11.2 Å². The molecule has 0 amide bonds. The molecule has 0 spiro atoms. The van der Waals surface area contributed by atoms with Crippen molar-refractivity contribution in [2.75, 3.05) is 7.04 Å². The standard InChI is InChI=1S/C22H13F6O6/c1-30-18-9-14(34-22(26,27)28)5-6-17(18)33-19-10-15(32-21(24)25)8-16(23)20(19)31-13-4-2-3-12(7-13)11-29/h2-10,21H,1H3/i1D3. The van der Waals surface area contributed by atoms with Gasteiger partial charge in [-0.3, -0.25) is 4.79 Å². The van der Waals surface area contributed by atoms with E-state index in [0.717, 1.165) is 24.3 Å². The number of carbonyl (C=O) groups excluding carboxylic acids is 1. The van der Waals surface area contributed by atoms with Gasteiger partial charge < -0.3 is 23.7 Å². The largest absolute Gasteiger partial charge is 0.573 e. The molecule has 0 unspecified atom stereocenters. The van der Waals surface area contributed by atoms with Gasteiger partial charge in [-0.25, -0.2) is 4.39 Å². The van der Waals surface area contributed by atoms with Crippen LogP contribution in [0.2, 0.25) is 0 Å². The molecular weight excluding hydrogens is 474 g/mol. The van der Waals surface area contributed by atoms with Crippen molar-refractivity contribution < 1.29 is 58.9 Å². The molecule has 6 nitrogen and oxygen atoms in total. The van der Waals surface area contributed by atoms with Crippen LogP contribution in [-0.2, 0) is 4.79 Å². The summed E-state index contributed by atoms with van der Waals surface area (Å²) in [5, 5.41) is 0. The topological polar surface area (TPSA) is 63.2 Å². The molecule has 0 aromatic heterocycles. The van der Waals surface area contributed by atoms with Crippen molar-refractivity contribution in [3.8, 4) is 40.2 Å². The van der Waals surface area contributed by atoms with E-state index in [1.54, 1.807) is 6.29 Å². The number of rotatable bonds is 9. The molecule has 1 radical (unpaired) electrons. The summed E-state index contributed by atoms with van der Waals surface area (Å²) in [5.74, 6) is -5.80. The van der Waals surface area contributed by atoms with Crippen molar-refractivity contribution >= 4 is 6.29 Å². The maximum absolute atomic E-state index is 14.9. The smallest absolute Gasteiger partial charge is 0.493 e. The Kier molecular flexibility index (Phi) is 6.17. The van der Waals surface area contributed by atoms with Crippen LogP contribution in [0.1, 0.15) is 9.68 Å². The van der Waals surface area contributed by atoms with Crippen LogP contribution in [0.4, 0.5) is 26.3 Å². The van der Waals surface area contributed by atoms with Crippen molar-refractivity contribution in [1.82, 2.24) is 0 Å². The average molecular weight is 490 g/mol. The number of hydrogen-bond acceptors (Lipinski definition) is 6. The number of methoxy groups -OCH3 is 1. The maximum atomic E-state index is 14.9. The van der Waals surface area contributed by atoms with Crippen LogP contribution in [0, 0.1) is 5.82 Å². The summed E-state index contributed by atoms with van der Waals surface area (Å²) in [6, 6.07) is 8.53. The molecule has 0 bridgehead atoms. The molecule has 179 valence electrons. The minimum absolute atomic E-state index is 0.0200. The highest BCUT2D eigenvalue weighted by atomic mass is 19.4. The Bertz CT molecular complexity index is 1270. The zero-order chi connectivity index (χ0) is 27.4. The molecule has 34 heavy (non-hydrogen) atoms. The lowest BCUT2D eigenvalue weighted by atomic mass is 10.2. The lowest BCUT2D eigenvalue weighted by Gasteiger charge is -2.17. The SMILES string of the molecule is [2H]C([2H])([2H])Oc1cc(OC(F)(F)F)ccc1Oc1cc(OC(F)F)cc(F)c1Oc1cccc([C]=O)c1. The summed E-state index contributed by atoms with van der Waals surface area (Å²) < 4.78 is 123. The first-order valence-electron chi connectivity index (χ1n) is 10.4. The van der Waals surface area contributed by atoms with Crippen LogP contribution in [-0.4, -0.2) is 26.3 Å². The highest BCUT2D eigenvalue weighted by molar-refractivity contribution is 5.76. The van der Waals surface area contributed by atoms with Gasteiger partial charge in [-0.15, -0.1) is 13.2 Å². The average Bonchev–Trinajstić information content (AvgIpc) is 2.75. The van der Waals surface area contributed by atoms with E-state index in [9.17, 15) is 31.1 Å². The minimum Gasteiger partial charge on any atom is -0.493 e. The van der Waals surface area contributed by atoms with Crippen molar-refractivity contribution in [2.45, 2.75) is 13.0 Å². The third-order valence-electron chi connectivity index (χ3n) is 3.86. The normalized spacial score (nSPS) is 12.9. The Morgan fingerprint density at radius 3 is 2.35 bits per heavy atom. The molecule has 3 aromatic rings. The summed E-state index contributed by atoms with van der Waals surface area (Å²) in [5.41, 5.74) is 0.0200. The molecule has 0 aliphatic heterocycles. The van der Waals surface area contributed by atoms with Crippen molar-refractivity contribution in [3.63, 3.8) is 0 Å². The molecule has 0 N–H and O–H groups in total. The first-order valence-corrected chi connectivity index (χ1v) is 8.93. The van der Waals surface area contributed by atoms with Gasteiger partial charge in [0.2, 0.25) is 12.0 Å². The molecule has 0 aliphatic rings. The van der Waals surface area contributed by atoms with E-state index in [2.05, 4.69) is 14.2 Å². The summed E-state index contributed by atoms with van der Waals surface area (Å²) >= 11 is 0. The van der Waals surface area contributed by atoms with Crippen LogP contribution < -0.4 is 23.7 Å². The monoisotopic (exact) mass is 490 g/mol. The van der Waals surface area contributed by atoms with Gasteiger partial charge in [0.15, 0.2) is 23.1 Å². The number of alkyl halides is 5. The quantitative estimate of drug-likeness (QED) is 0.325. The Morgan fingerprint density at radius 2 is 1.68 bits per heavy atom. The van der Waals surface area contributed by atoms with E-state index in [4.69, 9.17) is 13.6 Å². The Morgan fingerprint density at radius 1 is 0.912 bits per heavy atom. The van der Waals surface area contributed by atoms with Gasteiger partial charge in [0.1, 0.15) is 17.2 Å². The Hall–Kier alpha value is -4.09. The van der Waals surface area contributed by atoms with Gasteiger partial charge in [0.25, 0.3) is 0 Å². The molecule has 0 atom stereocenters. The molecule has 0 saturated heterocycles. The Labute approximate surface area is 192 Å². The van der Waals surface area contributed by atoms with Gasteiger partial charge in [-0.2, -0.15) is 8.78 Å². The minimum atomic E-state index is -5.13. The van der Waals surface area contributed by atoms with E-state index >= 15 is 0 Å². The van der Waals surface area contributed by atoms with Crippen LogP contribution in [0.5, 0.6) is 40.2 Å². The summed E-state index contributed by atoms with van der Waals surface area (Å²) in [4.78, 5) is 10.9. The second-order valence-electron chi connectivity index (χ2n) is 6.20. The summed E-state index contributed by atoms with van der Waals surface area (Å²) in [6.07, 6.45) is -3.54. The van der Waals surface area contributed by atoms with E-state index in [1.807, 2.05) is 0 Å². The number of benzene rings is 3. The molecule has 3 aromatic carbocycles. The number of hydrogen-bond donors (Lipinski definition) is 0. The van der Waals surface area contributed by atoms with Crippen molar-refractivity contribution in [2.24, 2.45) is 0 Å². The van der Waals surface area contributed by atoms with Crippen LogP contribution in [0.25, 0.3) is 0 Å². The predicted molar refractivity (Wildman–Crippen MR) is 104 cm³/mol. The number of ether oxygens (including phenoxy) is 5. The zero-order valence-electron chi connectivity index (χ0n) is 19.5. The first kappa shape index (κ1) is 20.5. The second-order valence-corrected chi connectivity index (χ2v) is 6.20. The molecule has 12 heteroatoms. The van der Waals surface area contributed by atoms with E-state index in [0.29, 0.717) is 12.1 Å². The van der Waals surface area contributed by atoms with Crippen LogP contribution in [0.15, 0.2) is 54.6 Å². The third kappa shape index (κ3) is 6.47. The van der Waals surface area contributed by atoms with Crippen LogP contribution in [0.3, 0.4) is 0 Å². The fourth-order valence-corrected chi connectivity index (χ4v) is 2.60. The highest BCUT2D eigenvalue weighted by Crippen LogP contribution is 2.43. The second kappa shape index (κ2) is 10.2. The van der Waals surface area contributed by atoms with E-state index in [-0.39, 0.29) is 11.3 Å². The van der Waals surface area contributed by atoms with Crippen LogP contribution >= 0.6 is 0 Å². The summed E-state index contributed by atoms with van der Waals surface area (Å²) in [6.45, 7) is -3.37. The lowest BCUT2D eigenvalue weighted by molar-refractivity contribution is -0.274.